The number of esters is 1. The summed E-state index contributed by atoms with van der Waals surface area (Å²) in [6.07, 6.45) is -2.22. The minimum Gasteiger partial charge on any atom is -0.464 e. The van der Waals surface area contributed by atoms with Crippen molar-refractivity contribution in [3.63, 3.8) is 0 Å². The van der Waals surface area contributed by atoms with Gasteiger partial charge in [0.15, 0.2) is 23.7 Å². The zero-order chi connectivity index (χ0) is 28.0. The maximum absolute atomic E-state index is 15.4. The predicted octanol–water partition coefficient (Wildman–Crippen LogP) is 2.53. The second-order valence-corrected chi connectivity index (χ2v) is 10.2. The summed E-state index contributed by atoms with van der Waals surface area (Å²) in [5.74, 6) is -0.412. The number of H-pyrrole nitrogens is 1. The van der Waals surface area contributed by atoms with Crippen molar-refractivity contribution in [2.75, 3.05) is 13.2 Å². The summed E-state index contributed by atoms with van der Waals surface area (Å²) in [6.45, 7) is 5.88. The first-order valence-electron chi connectivity index (χ1n) is 12.1. The average Bonchev–Trinajstić information content (AvgIpc) is 3.10. The Balaban J connectivity index is 1.74. The number of aromatic amines is 1. The molecule has 0 aliphatic carbocycles. The maximum atomic E-state index is 15.4. The first-order chi connectivity index (χ1) is 17.9. The number of hydroxylamine groups is 1. The number of aromatic nitrogens is 2. The molecule has 1 aromatic carbocycles. The third-order valence-electron chi connectivity index (χ3n) is 5.97. The molecule has 12 nitrogen and oxygen atoms in total. The van der Waals surface area contributed by atoms with Crippen LogP contribution in [0.25, 0.3) is 0 Å². The highest BCUT2D eigenvalue weighted by atomic mass is 31.1. The summed E-state index contributed by atoms with van der Waals surface area (Å²) in [7, 11) is -2.88. The molecule has 1 fully saturated rings. The molecule has 2 unspecified atom stereocenters. The Bertz CT molecular complexity index is 1230. The fourth-order valence-electron chi connectivity index (χ4n) is 3.65. The van der Waals surface area contributed by atoms with Crippen LogP contribution in [0, 0.1) is 6.92 Å². The smallest absolute Gasteiger partial charge is 0.464 e. The quantitative estimate of drug-likeness (QED) is 0.173. The second kappa shape index (κ2) is 12.7. The molecule has 1 aromatic heterocycles. The standard InChI is InChI=1S/C24H31FN3O9P/c1-5-6-13-34-21(31)16(3)28(37-17-9-7-15(2)8-10-17)38(33)35-14-18-20(30)24(4,25)22(36-18)27-12-11-19(29)26-23(27)32/h7-12,16,18,20,22,30H,5-6,13-14H2,1-4H3/p+1/t16?,18-,20-,22-,24-/m1/s1. The first-order valence-corrected chi connectivity index (χ1v) is 13.2. The van der Waals surface area contributed by atoms with E-state index in [1.165, 1.54) is 6.92 Å². The van der Waals surface area contributed by atoms with Crippen molar-refractivity contribution in [2.24, 2.45) is 0 Å². The zero-order valence-corrected chi connectivity index (χ0v) is 22.4. The molecular formula is C24H32FN3O9P+. The van der Waals surface area contributed by atoms with Gasteiger partial charge in [0.2, 0.25) is 0 Å². The van der Waals surface area contributed by atoms with Gasteiger partial charge in [-0.1, -0.05) is 31.0 Å². The van der Waals surface area contributed by atoms with E-state index >= 15 is 4.39 Å². The molecule has 3 rings (SSSR count). The van der Waals surface area contributed by atoms with Crippen LogP contribution in [0.2, 0.25) is 0 Å². The van der Waals surface area contributed by atoms with Crippen LogP contribution in [-0.2, 0) is 23.4 Å². The Morgan fingerprint density at radius 2 is 2.00 bits per heavy atom. The lowest BCUT2D eigenvalue weighted by atomic mass is 9.98. The predicted molar refractivity (Wildman–Crippen MR) is 133 cm³/mol. The molecule has 1 aliphatic heterocycles. The lowest BCUT2D eigenvalue weighted by Crippen LogP contribution is -2.43. The van der Waals surface area contributed by atoms with Crippen LogP contribution >= 0.6 is 8.18 Å². The molecule has 208 valence electrons. The SMILES string of the molecule is CCCCOC(=O)C(C)N(Oc1ccc(C)cc1)[P+](=O)OC[C@H]1O[C@@H](n2ccc(=O)[nH]c2=O)[C@](C)(F)[C@@H]1O. The number of ether oxygens (including phenoxy) is 2. The van der Waals surface area contributed by atoms with Gasteiger partial charge in [0.1, 0.15) is 23.6 Å². The van der Waals surface area contributed by atoms with Crippen molar-refractivity contribution in [3.05, 3.63) is 62.9 Å². The van der Waals surface area contributed by atoms with Crippen molar-refractivity contribution in [3.8, 4) is 5.75 Å². The summed E-state index contributed by atoms with van der Waals surface area (Å²) < 4.78 is 45.5. The minimum absolute atomic E-state index is 0.179. The lowest BCUT2D eigenvalue weighted by molar-refractivity contribution is -0.155. The third-order valence-corrected chi connectivity index (χ3v) is 7.09. The van der Waals surface area contributed by atoms with Crippen molar-refractivity contribution in [1.82, 2.24) is 14.4 Å². The third kappa shape index (κ3) is 6.91. The highest BCUT2D eigenvalue weighted by Gasteiger charge is 2.56. The Morgan fingerprint density at radius 3 is 2.63 bits per heavy atom. The lowest BCUT2D eigenvalue weighted by Gasteiger charge is -2.24. The van der Waals surface area contributed by atoms with Gasteiger partial charge in [0.25, 0.3) is 5.56 Å². The Labute approximate surface area is 219 Å². The highest BCUT2D eigenvalue weighted by Crippen LogP contribution is 2.42. The van der Waals surface area contributed by atoms with E-state index in [4.69, 9.17) is 18.8 Å². The van der Waals surface area contributed by atoms with E-state index in [2.05, 4.69) is 0 Å². The van der Waals surface area contributed by atoms with Gasteiger partial charge in [-0.05, 0) is 43.9 Å². The van der Waals surface area contributed by atoms with Gasteiger partial charge in [0.05, 0.1) is 6.61 Å². The molecule has 6 atom stereocenters. The van der Waals surface area contributed by atoms with Crippen LogP contribution in [-0.4, -0.2) is 62.6 Å². The normalized spacial score (nSPS) is 24.3. The number of unbranched alkanes of at least 4 members (excludes halogenated alkanes) is 1. The number of hydrogen-bond donors (Lipinski definition) is 2. The number of aliphatic hydroxyl groups excluding tert-OH is 1. The van der Waals surface area contributed by atoms with Gasteiger partial charge in [0, 0.05) is 12.3 Å². The van der Waals surface area contributed by atoms with Crippen LogP contribution in [0.3, 0.4) is 0 Å². The summed E-state index contributed by atoms with van der Waals surface area (Å²) in [4.78, 5) is 44.6. The van der Waals surface area contributed by atoms with Crippen LogP contribution in [0.15, 0.2) is 46.1 Å². The number of aliphatic hydroxyl groups is 1. The largest absolute Gasteiger partial charge is 0.653 e. The first kappa shape index (κ1) is 29.6. The van der Waals surface area contributed by atoms with E-state index in [1.54, 1.807) is 24.3 Å². The van der Waals surface area contributed by atoms with Gasteiger partial charge in [-0.15, -0.1) is 4.52 Å². The van der Waals surface area contributed by atoms with Crippen molar-refractivity contribution in [2.45, 2.75) is 70.7 Å². The summed E-state index contributed by atoms with van der Waals surface area (Å²) in [5.41, 5.74) is -3.12. The molecule has 0 radical (unpaired) electrons. The molecule has 0 amide bonds. The van der Waals surface area contributed by atoms with Crippen molar-refractivity contribution >= 4 is 14.1 Å². The van der Waals surface area contributed by atoms with E-state index in [-0.39, 0.29) is 12.4 Å². The van der Waals surface area contributed by atoms with Gasteiger partial charge in [-0.25, -0.2) is 9.18 Å². The Kier molecular flexibility index (Phi) is 9.91. The van der Waals surface area contributed by atoms with E-state index in [9.17, 15) is 24.1 Å². The number of halogens is 1. The average molecular weight is 557 g/mol. The maximum Gasteiger partial charge on any atom is 0.653 e. The summed E-state index contributed by atoms with van der Waals surface area (Å²) in [5, 5.41) is 10.5. The fraction of sp³-hybridized carbons (Fsp3) is 0.542. The number of nitrogens with one attached hydrogen (secondary N) is 1. The summed E-state index contributed by atoms with van der Waals surface area (Å²) >= 11 is 0. The Morgan fingerprint density at radius 1 is 1.32 bits per heavy atom. The van der Waals surface area contributed by atoms with Crippen molar-refractivity contribution in [1.29, 1.82) is 0 Å². The topological polar surface area (TPSA) is 149 Å². The number of carbonyl (C=O) groups is 1. The molecule has 2 aromatic rings. The van der Waals surface area contributed by atoms with Gasteiger partial charge >= 0.3 is 19.8 Å². The van der Waals surface area contributed by atoms with Crippen LogP contribution in [0.5, 0.6) is 5.75 Å². The molecule has 0 spiro atoms. The van der Waals surface area contributed by atoms with Gasteiger partial charge < -0.3 is 19.4 Å². The highest BCUT2D eigenvalue weighted by molar-refractivity contribution is 7.36. The van der Waals surface area contributed by atoms with E-state index < -0.39 is 62.2 Å². The fourth-order valence-corrected chi connectivity index (χ4v) is 4.57. The molecule has 0 bridgehead atoms. The number of benzene rings is 1. The molecular weight excluding hydrogens is 524 g/mol. The second-order valence-electron chi connectivity index (χ2n) is 9.08. The van der Waals surface area contributed by atoms with Gasteiger partial charge in [-0.2, -0.15) is 0 Å². The zero-order valence-electron chi connectivity index (χ0n) is 21.5. The monoisotopic (exact) mass is 556 g/mol. The van der Waals surface area contributed by atoms with Crippen LogP contribution in [0.4, 0.5) is 4.39 Å². The molecule has 1 saturated heterocycles. The number of nitrogens with zero attached hydrogens (tertiary/aromatic N) is 2. The van der Waals surface area contributed by atoms with Crippen LogP contribution in [0.1, 0.15) is 45.4 Å². The molecule has 38 heavy (non-hydrogen) atoms. The molecule has 2 N–H and O–H groups in total. The van der Waals surface area contributed by atoms with E-state index in [0.29, 0.717) is 6.42 Å². The van der Waals surface area contributed by atoms with Crippen LogP contribution < -0.4 is 16.1 Å². The van der Waals surface area contributed by atoms with Crippen molar-refractivity contribution < 1.29 is 37.7 Å². The van der Waals surface area contributed by atoms with E-state index in [0.717, 1.165) is 40.6 Å². The number of hydrogen-bond acceptors (Lipinski definition) is 9. The minimum atomic E-state index is -2.88. The number of rotatable bonds is 12. The van der Waals surface area contributed by atoms with Gasteiger partial charge in [-0.3, -0.25) is 19.1 Å². The van der Waals surface area contributed by atoms with E-state index in [1.807, 2.05) is 18.8 Å². The summed E-state index contributed by atoms with van der Waals surface area (Å²) in [6, 6.07) is 6.61. The molecule has 14 heteroatoms. The molecule has 1 aliphatic rings. The molecule has 0 saturated carbocycles. The number of aryl methyl sites for hydroxylation is 1. The number of alkyl halides is 1. The molecule has 2 heterocycles. The number of carbonyl (C=O) groups excluding carboxylic acids is 1. The Hall–Kier alpha value is -2.96.